The van der Waals surface area contributed by atoms with E-state index in [2.05, 4.69) is 18.7 Å². The summed E-state index contributed by atoms with van der Waals surface area (Å²) in [7, 11) is 3.11. The molecule has 0 aromatic heterocycles. The molecule has 0 aliphatic carbocycles. The van der Waals surface area contributed by atoms with Crippen LogP contribution in [0.15, 0.2) is 42.0 Å². The van der Waals surface area contributed by atoms with Gasteiger partial charge in [-0.3, -0.25) is 9.59 Å². The van der Waals surface area contributed by atoms with Crippen molar-refractivity contribution in [2.24, 2.45) is 0 Å². The molecule has 3 rings (SSSR count). The highest BCUT2D eigenvalue weighted by Crippen LogP contribution is 2.42. The zero-order valence-electron chi connectivity index (χ0n) is 22.0. The molecular formula is C28H36N2O6. The Morgan fingerprint density at radius 2 is 1.64 bits per heavy atom. The second-order valence-electron chi connectivity index (χ2n) is 8.55. The van der Waals surface area contributed by atoms with Crippen molar-refractivity contribution in [2.75, 3.05) is 47.0 Å². The molecule has 0 spiro atoms. The number of hydrogen-bond donors (Lipinski definition) is 1. The largest absolute Gasteiger partial charge is 0.507 e. The molecule has 1 fully saturated rings. The molecule has 8 nitrogen and oxygen atoms in total. The number of ether oxygens (including phenoxy) is 3. The van der Waals surface area contributed by atoms with E-state index in [1.165, 1.54) is 4.90 Å². The summed E-state index contributed by atoms with van der Waals surface area (Å²) in [5, 5.41) is 11.4. The number of amides is 1. The quantitative estimate of drug-likeness (QED) is 0.284. The topological polar surface area (TPSA) is 88.5 Å². The number of hydrogen-bond acceptors (Lipinski definition) is 7. The van der Waals surface area contributed by atoms with E-state index in [0.29, 0.717) is 48.1 Å². The number of aliphatic hydroxyl groups excluding tert-OH is 1. The first-order valence-corrected chi connectivity index (χ1v) is 12.3. The maximum Gasteiger partial charge on any atom is 0.295 e. The molecule has 1 saturated heterocycles. The van der Waals surface area contributed by atoms with Crippen LogP contribution in [0.5, 0.6) is 17.2 Å². The molecule has 0 saturated carbocycles. The molecule has 1 amide bonds. The number of ketones is 1. The number of likely N-dealkylation sites (N-methyl/N-ethyl adjacent to an activating group) is 1. The van der Waals surface area contributed by atoms with Crippen LogP contribution in [0.25, 0.3) is 5.76 Å². The van der Waals surface area contributed by atoms with Crippen LogP contribution in [0.1, 0.15) is 43.5 Å². The summed E-state index contributed by atoms with van der Waals surface area (Å²) in [6, 6.07) is 9.72. The van der Waals surface area contributed by atoms with Crippen molar-refractivity contribution < 1.29 is 28.9 Å². The molecular weight excluding hydrogens is 460 g/mol. The van der Waals surface area contributed by atoms with E-state index in [9.17, 15) is 14.7 Å². The summed E-state index contributed by atoms with van der Waals surface area (Å²) >= 11 is 0. The number of aryl methyl sites for hydroxylation is 1. The number of methoxy groups -OCH3 is 2. The van der Waals surface area contributed by atoms with Crippen LogP contribution in [0, 0.1) is 6.92 Å². The van der Waals surface area contributed by atoms with Crippen LogP contribution in [0.2, 0.25) is 0 Å². The molecule has 8 heteroatoms. The van der Waals surface area contributed by atoms with Crippen LogP contribution in [-0.4, -0.2) is 73.6 Å². The summed E-state index contributed by atoms with van der Waals surface area (Å²) in [5.74, 6) is 0.157. The van der Waals surface area contributed by atoms with Crippen LogP contribution in [0.3, 0.4) is 0 Å². The van der Waals surface area contributed by atoms with Crippen molar-refractivity contribution in [1.82, 2.24) is 9.80 Å². The SMILES string of the molecule is CCOc1ccc(C2/C(=C(\O)c3ccc(OC)c(C)c3)C(=O)C(=O)N2CCN(CC)CC)cc1OC. The molecule has 1 unspecified atom stereocenters. The van der Waals surface area contributed by atoms with Gasteiger partial charge in [0.2, 0.25) is 0 Å². The Hall–Kier alpha value is -3.52. The van der Waals surface area contributed by atoms with Gasteiger partial charge in [0.1, 0.15) is 11.5 Å². The van der Waals surface area contributed by atoms with Crippen molar-refractivity contribution in [3.8, 4) is 17.2 Å². The Morgan fingerprint density at radius 1 is 0.972 bits per heavy atom. The molecule has 2 aromatic carbocycles. The summed E-state index contributed by atoms with van der Waals surface area (Å²) in [6.45, 7) is 10.9. The Kier molecular flexibility index (Phi) is 8.98. The lowest BCUT2D eigenvalue weighted by Crippen LogP contribution is -2.38. The normalized spacial score (nSPS) is 17.1. The molecule has 1 N–H and O–H groups in total. The van der Waals surface area contributed by atoms with E-state index >= 15 is 0 Å². The monoisotopic (exact) mass is 496 g/mol. The summed E-state index contributed by atoms with van der Waals surface area (Å²) in [5.41, 5.74) is 1.95. The number of aliphatic hydroxyl groups is 1. The Labute approximate surface area is 213 Å². The lowest BCUT2D eigenvalue weighted by atomic mass is 9.94. The first kappa shape index (κ1) is 27.1. The van der Waals surface area contributed by atoms with Crippen LogP contribution in [0.4, 0.5) is 0 Å². The highest BCUT2D eigenvalue weighted by Gasteiger charge is 2.46. The minimum absolute atomic E-state index is 0.0512. The number of nitrogens with zero attached hydrogens (tertiary/aromatic N) is 2. The maximum absolute atomic E-state index is 13.3. The number of likely N-dealkylation sites (tertiary alicyclic amines) is 1. The van der Waals surface area contributed by atoms with Gasteiger partial charge in [0.05, 0.1) is 32.4 Å². The zero-order valence-corrected chi connectivity index (χ0v) is 22.0. The number of rotatable bonds is 11. The number of carbonyl (C=O) groups excluding carboxylic acids is 2. The predicted octanol–water partition coefficient (Wildman–Crippen LogP) is 4.17. The van der Waals surface area contributed by atoms with Gasteiger partial charge in [-0.15, -0.1) is 0 Å². The van der Waals surface area contributed by atoms with Crippen molar-refractivity contribution in [1.29, 1.82) is 0 Å². The minimum Gasteiger partial charge on any atom is -0.507 e. The Bertz CT molecular complexity index is 1140. The van der Waals surface area contributed by atoms with Crippen molar-refractivity contribution in [3.05, 3.63) is 58.7 Å². The van der Waals surface area contributed by atoms with Gasteiger partial charge in [-0.05, 0) is 68.4 Å². The zero-order chi connectivity index (χ0) is 26.4. The van der Waals surface area contributed by atoms with Crippen LogP contribution in [-0.2, 0) is 9.59 Å². The third-order valence-electron chi connectivity index (χ3n) is 6.56. The Morgan fingerprint density at radius 3 is 2.22 bits per heavy atom. The highest BCUT2D eigenvalue weighted by atomic mass is 16.5. The van der Waals surface area contributed by atoms with E-state index in [1.807, 2.05) is 13.8 Å². The van der Waals surface area contributed by atoms with Gasteiger partial charge in [0.25, 0.3) is 11.7 Å². The van der Waals surface area contributed by atoms with E-state index in [1.54, 1.807) is 50.6 Å². The van der Waals surface area contributed by atoms with Crippen molar-refractivity contribution in [3.63, 3.8) is 0 Å². The minimum atomic E-state index is -0.771. The molecule has 1 atom stereocenters. The first-order chi connectivity index (χ1) is 17.3. The van der Waals surface area contributed by atoms with E-state index < -0.39 is 17.7 Å². The van der Waals surface area contributed by atoms with Gasteiger partial charge in [-0.25, -0.2) is 0 Å². The molecule has 1 aliphatic heterocycles. The molecule has 0 radical (unpaired) electrons. The van der Waals surface area contributed by atoms with Gasteiger partial charge in [0, 0.05) is 18.7 Å². The average molecular weight is 497 g/mol. The number of carbonyl (C=O) groups is 2. The average Bonchev–Trinajstić information content (AvgIpc) is 3.14. The van der Waals surface area contributed by atoms with Gasteiger partial charge in [-0.2, -0.15) is 0 Å². The lowest BCUT2D eigenvalue weighted by Gasteiger charge is -2.28. The Balaban J connectivity index is 2.16. The van der Waals surface area contributed by atoms with Crippen LogP contribution >= 0.6 is 0 Å². The molecule has 1 aliphatic rings. The standard InChI is InChI=1S/C28H36N2O6/c1-7-29(8-2)14-15-30-25(19-10-13-22(36-9-3)23(17-19)35-6)24(27(32)28(30)33)26(31)20-11-12-21(34-5)18(4)16-20/h10-13,16-17,25,31H,7-9,14-15H2,1-6H3/b26-24+. The van der Waals surface area contributed by atoms with E-state index in [0.717, 1.165) is 18.7 Å². The fourth-order valence-electron chi connectivity index (χ4n) is 4.56. The van der Waals surface area contributed by atoms with Crippen molar-refractivity contribution in [2.45, 2.75) is 33.7 Å². The van der Waals surface area contributed by atoms with Gasteiger partial charge in [-0.1, -0.05) is 19.9 Å². The molecule has 0 bridgehead atoms. The smallest absolute Gasteiger partial charge is 0.295 e. The fourth-order valence-corrected chi connectivity index (χ4v) is 4.56. The molecule has 2 aromatic rings. The van der Waals surface area contributed by atoms with Crippen molar-refractivity contribution >= 4 is 17.4 Å². The number of benzene rings is 2. The fraction of sp³-hybridized carbons (Fsp3) is 0.429. The summed E-state index contributed by atoms with van der Waals surface area (Å²) in [6.07, 6.45) is 0. The molecule has 1 heterocycles. The summed E-state index contributed by atoms with van der Waals surface area (Å²) < 4.78 is 16.5. The third-order valence-corrected chi connectivity index (χ3v) is 6.56. The highest BCUT2D eigenvalue weighted by molar-refractivity contribution is 6.46. The predicted molar refractivity (Wildman–Crippen MR) is 139 cm³/mol. The first-order valence-electron chi connectivity index (χ1n) is 12.3. The van der Waals surface area contributed by atoms with Gasteiger partial charge < -0.3 is 29.1 Å². The molecule has 36 heavy (non-hydrogen) atoms. The second-order valence-corrected chi connectivity index (χ2v) is 8.55. The van der Waals surface area contributed by atoms with Crippen LogP contribution < -0.4 is 14.2 Å². The second kappa shape index (κ2) is 11.9. The number of Topliss-reactive ketones (excluding diaryl/α,β-unsaturated/α-hetero) is 1. The van der Waals surface area contributed by atoms with E-state index in [-0.39, 0.29) is 11.3 Å². The summed E-state index contributed by atoms with van der Waals surface area (Å²) in [4.78, 5) is 30.3. The van der Waals surface area contributed by atoms with E-state index in [4.69, 9.17) is 14.2 Å². The maximum atomic E-state index is 13.3. The third kappa shape index (κ3) is 5.33. The van der Waals surface area contributed by atoms with Gasteiger partial charge in [0.15, 0.2) is 11.5 Å². The lowest BCUT2D eigenvalue weighted by molar-refractivity contribution is -0.140. The molecule has 194 valence electrons. The van der Waals surface area contributed by atoms with Gasteiger partial charge >= 0.3 is 0 Å².